The monoisotopic (exact) mass is 572 g/mol. The number of phenols is 2. The zero-order valence-electron chi connectivity index (χ0n) is 19.6. The molecule has 10 nitrogen and oxygen atoms in total. The third-order valence-electron chi connectivity index (χ3n) is 5.26. The maximum atomic E-state index is 12.1. The van der Waals surface area contributed by atoms with Crippen LogP contribution in [0.4, 0.5) is 0 Å². The number of carboxylic acids is 2. The Morgan fingerprint density at radius 2 is 1.00 bits per heavy atom. The molecule has 0 radical (unpaired) electrons. The number of ketones is 2. The van der Waals surface area contributed by atoms with Gasteiger partial charge in [-0.05, 0) is 12.1 Å². The average Bonchev–Trinajstić information content (AvgIpc) is 2.89. The Kier molecular flexibility index (Phi) is 9.94. The molecule has 0 amide bonds. The molecule has 0 aliphatic carbocycles. The molecule has 0 aliphatic rings. The quantitative estimate of drug-likeness (QED) is 0.197. The normalized spacial score (nSPS) is 9.85. The van der Waals surface area contributed by atoms with E-state index < -0.39 is 57.6 Å². The van der Waals surface area contributed by atoms with Gasteiger partial charge < -0.3 is 30.6 Å². The molecule has 0 spiro atoms. The van der Waals surface area contributed by atoms with Crippen LogP contribution in [0.25, 0.3) is 0 Å². The largest absolute Gasteiger partial charge is 2.00 e. The number of carboxylic acid groups (broad SMARTS) is 2. The first-order valence-electron chi connectivity index (χ1n) is 10.8. The summed E-state index contributed by atoms with van der Waals surface area (Å²) < 4.78 is 0. The summed E-state index contributed by atoms with van der Waals surface area (Å²) in [6.45, 7) is 0. The van der Waals surface area contributed by atoms with Crippen molar-refractivity contribution >= 4 is 23.5 Å². The molecular weight excluding hydrogens is 555 g/mol. The molecule has 11 heteroatoms. The summed E-state index contributed by atoms with van der Waals surface area (Å²) in [5, 5.41) is 60.0. The van der Waals surface area contributed by atoms with E-state index >= 15 is 0 Å². The van der Waals surface area contributed by atoms with E-state index in [0.29, 0.717) is 5.56 Å². The van der Waals surface area contributed by atoms with Crippen molar-refractivity contribution in [2.75, 3.05) is 0 Å². The van der Waals surface area contributed by atoms with Gasteiger partial charge in [0, 0.05) is 22.3 Å². The van der Waals surface area contributed by atoms with Gasteiger partial charge >= 0.3 is 28.4 Å². The van der Waals surface area contributed by atoms with Crippen molar-refractivity contribution in [3.8, 4) is 23.0 Å². The van der Waals surface area contributed by atoms with Crippen LogP contribution in [-0.4, -0.2) is 43.9 Å². The molecule has 200 valence electrons. The van der Waals surface area contributed by atoms with Gasteiger partial charge in [0.15, 0.2) is 11.6 Å². The molecular formula is C28H18NiO10. The fourth-order valence-corrected chi connectivity index (χ4v) is 3.41. The van der Waals surface area contributed by atoms with Crippen LogP contribution in [0, 0.1) is 0 Å². The summed E-state index contributed by atoms with van der Waals surface area (Å²) >= 11 is 0. The number of benzene rings is 4. The van der Waals surface area contributed by atoms with Crippen LogP contribution in [0.3, 0.4) is 0 Å². The number of hydrogen-bond acceptors (Lipinski definition) is 8. The van der Waals surface area contributed by atoms with Crippen LogP contribution >= 0.6 is 0 Å². The Hall–Kier alpha value is -5.15. The van der Waals surface area contributed by atoms with Crippen LogP contribution in [0.15, 0.2) is 84.9 Å². The van der Waals surface area contributed by atoms with E-state index in [2.05, 4.69) is 0 Å². The number of carbonyl (C=O) groups is 4. The molecule has 0 atom stereocenters. The molecule has 0 saturated carbocycles. The van der Waals surface area contributed by atoms with Gasteiger partial charge in [0.1, 0.15) is 17.1 Å². The maximum Gasteiger partial charge on any atom is 2.00 e. The first-order chi connectivity index (χ1) is 18.0. The molecule has 4 aromatic carbocycles. The average molecular weight is 573 g/mol. The van der Waals surface area contributed by atoms with Crippen LogP contribution in [-0.2, 0) is 16.5 Å². The standard InChI is InChI=1S/2C14H10O5.Ni/c2*15-10-7-6-9(13(17)11(10)14(18)19)12(16)8-4-2-1-3-5-8;/h2*1-7,15,17H,(H,18,19);/q;;+2/p-2. The van der Waals surface area contributed by atoms with Gasteiger partial charge in [-0.2, -0.15) is 0 Å². The SMILES string of the molecule is O=C(c1ccccc1)c1ccc(O)c(C(=O)O)c1O.O=C(c1ccccc1)c1ccc([O-])c(C(=O)O)c1[O-].[Ni+2]. The Balaban J connectivity index is 0.000000267. The minimum atomic E-state index is -1.63. The number of aromatic carboxylic acids is 2. The van der Waals surface area contributed by atoms with E-state index in [-0.39, 0.29) is 33.2 Å². The number of carbonyl (C=O) groups excluding carboxylic acids is 2. The van der Waals surface area contributed by atoms with E-state index in [4.69, 9.17) is 10.2 Å². The first kappa shape index (κ1) is 30.1. The Labute approximate surface area is 231 Å². The van der Waals surface area contributed by atoms with Crippen molar-refractivity contribution in [1.82, 2.24) is 0 Å². The van der Waals surface area contributed by atoms with Crippen LogP contribution in [0.2, 0.25) is 0 Å². The second kappa shape index (κ2) is 12.9. The minimum Gasteiger partial charge on any atom is -0.872 e. The van der Waals surface area contributed by atoms with E-state index in [0.717, 1.165) is 18.2 Å². The van der Waals surface area contributed by atoms with E-state index in [1.165, 1.54) is 18.2 Å². The second-order valence-corrected chi connectivity index (χ2v) is 7.67. The Bertz CT molecular complexity index is 1420. The topological polar surface area (TPSA) is 195 Å². The fourth-order valence-electron chi connectivity index (χ4n) is 3.41. The summed E-state index contributed by atoms with van der Waals surface area (Å²) in [7, 11) is 0. The van der Waals surface area contributed by atoms with Crippen LogP contribution in [0.5, 0.6) is 23.0 Å². The smallest absolute Gasteiger partial charge is 0.872 e. The van der Waals surface area contributed by atoms with Gasteiger partial charge in [0.25, 0.3) is 0 Å². The number of aromatic hydroxyl groups is 2. The van der Waals surface area contributed by atoms with Gasteiger partial charge in [-0.3, -0.25) is 9.59 Å². The molecule has 39 heavy (non-hydrogen) atoms. The molecule has 0 aliphatic heterocycles. The summed E-state index contributed by atoms with van der Waals surface area (Å²) in [6, 6.07) is 20.3. The minimum absolute atomic E-state index is 0. The summed E-state index contributed by atoms with van der Waals surface area (Å²) in [5.41, 5.74) is -1.48. The zero-order chi connectivity index (χ0) is 28.0. The second-order valence-electron chi connectivity index (χ2n) is 7.67. The zero-order valence-corrected chi connectivity index (χ0v) is 20.6. The first-order valence-corrected chi connectivity index (χ1v) is 10.8. The maximum absolute atomic E-state index is 12.1. The molecule has 0 unspecified atom stereocenters. The van der Waals surface area contributed by atoms with Crippen molar-refractivity contribution in [1.29, 1.82) is 0 Å². The van der Waals surface area contributed by atoms with Gasteiger partial charge in [0.2, 0.25) is 0 Å². The molecule has 0 bridgehead atoms. The van der Waals surface area contributed by atoms with Gasteiger partial charge in [0.05, 0.1) is 5.56 Å². The van der Waals surface area contributed by atoms with Crippen molar-refractivity contribution < 1.29 is 66.3 Å². The van der Waals surface area contributed by atoms with Crippen LogP contribution in [0.1, 0.15) is 52.6 Å². The van der Waals surface area contributed by atoms with E-state index in [1.54, 1.807) is 48.5 Å². The van der Waals surface area contributed by atoms with Crippen molar-refractivity contribution in [2.45, 2.75) is 0 Å². The van der Waals surface area contributed by atoms with Crippen molar-refractivity contribution in [3.05, 3.63) is 118 Å². The molecule has 4 N–H and O–H groups in total. The molecule has 0 fully saturated rings. The third kappa shape index (κ3) is 6.60. The summed E-state index contributed by atoms with van der Waals surface area (Å²) in [5.74, 6) is -7.52. The van der Waals surface area contributed by atoms with Gasteiger partial charge in [-0.25, -0.2) is 9.59 Å². The molecule has 4 aromatic rings. The van der Waals surface area contributed by atoms with Crippen LogP contribution < -0.4 is 10.2 Å². The Morgan fingerprint density at radius 1 is 0.564 bits per heavy atom. The van der Waals surface area contributed by atoms with Crippen molar-refractivity contribution in [3.63, 3.8) is 0 Å². The third-order valence-corrected chi connectivity index (χ3v) is 5.26. The number of rotatable bonds is 6. The predicted octanol–water partition coefficient (Wildman–Crippen LogP) is 2.79. The predicted molar refractivity (Wildman–Crippen MR) is 129 cm³/mol. The van der Waals surface area contributed by atoms with E-state index in [9.17, 15) is 39.6 Å². The molecule has 0 saturated heterocycles. The Morgan fingerprint density at radius 3 is 1.46 bits per heavy atom. The molecule has 0 aromatic heterocycles. The van der Waals surface area contributed by atoms with Crippen molar-refractivity contribution in [2.24, 2.45) is 0 Å². The number of hydrogen-bond donors (Lipinski definition) is 4. The van der Waals surface area contributed by atoms with E-state index in [1.807, 2.05) is 0 Å². The molecule has 4 rings (SSSR count). The van der Waals surface area contributed by atoms with Gasteiger partial charge in [-0.15, -0.1) is 0 Å². The molecule has 0 heterocycles. The summed E-state index contributed by atoms with van der Waals surface area (Å²) in [6.07, 6.45) is 0. The summed E-state index contributed by atoms with van der Waals surface area (Å²) in [4.78, 5) is 45.9. The fraction of sp³-hybridized carbons (Fsp3) is 0. The van der Waals surface area contributed by atoms with Gasteiger partial charge in [-0.1, -0.05) is 84.3 Å².